The van der Waals surface area contributed by atoms with E-state index in [0.29, 0.717) is 11.0 Å². The van der Waals surface area contributed by atoms with Crippen LogP contribution >= 0.6 is 15.9 Å². The molecule has 0 bridgehead atoms. The fourth-order valence-electron chi connectivity index (χ4n) is 1.39. The minimum atomic E-state index is -0.316. The van der Waals surface area contributed by atoms with Gasteiger partial charge in [-0.3, -0.25) is 0 Å². The molecule has 0 unspecified atom stereocenters. The van der Waals surface area contributed by atoms with Crippen molar-refractivity contribution in [1.29, 1.82) is 0 Å². The molecule has 2 N–H and O–H groups in total. The van der Waals surface area contributed by atoms with Crippen molar-refractivity contribution in [2.75, 3.05) is 6.54 Å². The van der Waals surface area contributed by atoms with Crippen LogP contribution in [0.3, 0.4) is 0 Å². The predicted octanol–water partition coefficient (Wildman–Crippen LogP) is 1.94. The van der Waals surface area contributed by atoms with Gasteiger partial charge < -0.3 is 10.6 Å². The monoisotopic (exact) mass is 258 g/mol. The lowest BCUT2D eigenvalue weighted by atomic mass is 10.1. The zero-order valence-electron chi connectivity index (χ0n) is 7.18. The summed E-state index contributed by atoms with van der Waals surface area (Å²) in [7, 11) is 0. The topological polar surface area (TPSA) is 41.1 Å². The largest absolute Gasteiger partial charge is 0.336 e. The SMILES string of the molecule is O=C1NC[C@H](c2ccc(Br)c(F)c2)N1. The van der Waals surface area contributed by atoms with Crippen LogP contribution in [0.2, 0.25) is 0 Å². The highest BCUT2D eigenvalue weighted by Gasteiger charge is 2.21. The van der Waals surface area contributed by atoms with E-state index in [-0.39, 0.29) is 17.9 Å². The summed E-state index contributed by atoms with van der Waals surface area (Å²) < 4.78 is 13.6. The van der Waals surface area contributed by atoms with E-state index in [1.165, 1.54) is 6.07 Å². The van der Waals surface area contributed by atoms with E-state index in [1.54, 1.807) is 12.1 Å². The summed E-state index contributed by atoms with van der Waals surface area (Å²) in [6.45, 7) is 0.500. The number of rotatable bonds is 1. The van der Waals surface area contributed by atoms with Gasteiger partial charge in [0.2, 0.25) is 0 Å². The second-order valence-electron chi connectivity index (χ2n) is 3.08. The van der Waals surface area contributed by atoms with Crippen LogP contribution in [-0.2, 0) is 0 Å². The molecule has 2 rings (SSSR count). The van der Waals surface area contributed by atoms with Crippen molar-refractivity contribution in [3.8, 4) is 0 Å². The van der Waals surface area contributed by atoms with Crippen LogP contribution in [0.15, 0.2) is 22.7 Å². The summed E-state index contributed by atoms with van der Waals surface area (Å²) >= 11 is 3.07. The fourth-order valence-corrected chi connectivity index (χ4v) is 1.63. The summed E-state index contributed by atoms with van der Waals surface area (Å²) in [6.07, 6.45) is 0. The molecule has 0 radical (unpaired) electrons. The maximum atomic E-state index is 13.1. The summed E-state index contributed by atoms with van der Waals surface area (Å²) in [5.74, 6) is -0.316. The maximum absolute atomic E-state index is 13.1. The highest BCUT2D eigenvalue weighted by atomic mass is 79.9. The molecule has 0 aliphatic carbocycles. The summed E-state index contributed by atoms with van der Waals surface area (Å²) in [5.41, 5.74) is 0.768. The molecule has 1 aliphatic heterocycles. The van der Waals surface area contributed by atoms with Crippen molar-refractivity contribution in [2.45, 2.75) is 6.04 Å². The van der Waals surface area contributed by atoms with Gasteiger partial charge in [-0.05, 0) is 33.6 Å². The molecular formula is C9H8BrFN2O. The molecule has 0 saturated carbocycles. The zero-order chi connectivity index (χ0) is 10.1. The minimum Gasteiger partial charge on any atom is -0.336 e. The molecule has 1 aromatic rings. The van der Waals surface area contributed by atoms with Crippen molar-refractivity contribution in [3.05, 3.63) is 34.1 Å². The third-order valence-corrected chi connectivity index (χ3v) is 2.76. The van der Waals surface area contributed by atoms with Crippen LogP contribution in [0.4, 0.5) is 9.18 Å². The van der Waals surface area contributed by atoms with Crippen LogP contribution in [-0.4, -0.2) is 12.6 Å². The van der Waals surface area contributed by atoms with Gasteiger partial charge in [0.15, 0.2) is 0 Å². The molecule has 0 aromatic heterocycles. The number of halogens is 2. The van der Waals surface area contributed by atoms with Crippen molar-refractivity contribution >= 4 is 22.0 Å². The Hall–Kier alpha value is -1.10. The van der Waals surface area contributed by atoms with Gasteiger partial charge in [-0.2, -0.15) is 0 Å². The standard InChI is InChI=1S/C9H8BrFN2O/c10-6-2-1-5(3-7(6)11)8-4-12-9(14)13-8/h1-3,8H,4H2,(H2,12,13,14)/t8-/m1/s1. The van der Waals surface area contributed by atoms with E-state index < -0.39 is 0 Å². The quantitative estimate of drug-likeness (QED) is 0.795. The molecule has 1 saturated heterocycles. The Kier molecular flexibility index (Phi) is 2.41. The minimum absolute atomic E-state index is 0.134. The van der Waals surface area contributed by atoms with Gasteiger partial charge in [-0.15, -0.1) is 0 Å². The van der Waals surface area contributed by atoms with Gasteiger partial charge in [0, 0.05) is 6.54 Å². The second kappa shape index (κ2) is 3.57. The molecule has 5 heteroatoms. The third-order valence-electron chi connectivity index (χ3n) is 2.12. The Balaban J connectivity index is 2.24. The van der Waals surface area contributed by atoms with E-state index >= 15 is 0 Å². The Morgan fingerprint density at radius 3 is 2.86 bits per heavy atom. The van der Waals surface area contributed by atoms with Gasteiger partial charge >= 0.3 is 6.03 Å². The van der Waals surface area contributed by atoms with Gasteiger partial charge in [0.05, 0.1) is 10.5 Å². The van der Waals surface area contributed by atoms with E-state index in [9.17, 15) is 9.18 Å². The lowest BCUT2D eigenvalue weighted by molar-refractivity contribution is 0.247. The Morgan fingerprint density at radius 1 is 1.50 bits per heavy atom. The number of amides is 2. The number of hydrogen-bond donors (Lipinski definition) is 2. The van der Waals surface area contributed by atoms with Gasteiger partial charge in [0.25, 0.3) is 0 Å². The lowest BCUT2D eigenvalue weighted by Gasteiger charge is -2.08. The molecule has 74 valence electrons. The summed E-state index contributed by atoms with van der Waals surface area (Å²) in [6, 6.07) is 4.49. The van der Waals surface area contributed by atoms with E-state index in [2.05, 4.69) is 26.6 Å². The van der Waals surface area contributed by atoms with Gasteiger partial charge in [0.1, 0.15) is 5.82 Å². The fraction of sp³-hybridized carbons (Fsp3) is 0.222. The van der Waals surface area contributed by atoms with Crippen LogP contribution < -0.4 is 10.6 Å². The van der Waals surface area contributed by atoms with Crippen molar-refractivity contribution < 1.29 is 9.18 Å². The Bertz CT molecular complexity index is 383. The highest BCUT2D eigenvalue weighted by Crippen LogP contribution is 2.21. The first kappa shape index (κ1) is 9.45. The van der Waals surface area contributed by atoms with Crippen LogP contribution in [0.1, 0.15) is 11.6 Å². The van der Waals surface area contributed by atoms with Gasteiger partial charge in [-0.25, -0.2) is 9.18 Å². The molecule has 0 spiro atoms. The molecule has 1 atom stereocenters. The normalized spacial score (nSPS) is 20.4. The molecule has 1 heterocycles. The van der Waals surface area contributed by atoms with Crippen molar-refractivity contribution in [3.63, 3.8) is 0 Å². The molecule has 14 heavy (non-hydrogen) atoms. The maximum Gasteiger partial charge on any atom is 0.315 e. The molecule has 3 nitrogen and oxygen atoms in total. The number of carbonyl (C=O) groups excluding carboxylic acids is 1. The first-order valence-corrected chi connectivity index (χ1v) is 4.95. The van der Waals surface area contributed by atoms with Crippen LogP contribution in [0.5, 0.6) is 0 Å². The number of nitrogens with one attached hydrogen (secondary N) is 2. The van der Waals surface area contributed by atoms with Gasteiger partial charge in [-0.1, -0.05) is 6.07 Å². The van der Waals surface area contributed by atoms with Crippen molar-refractivity contribution in [1.82, 2.24) is 10.6 Å². The Labute approximate surface area is 88.8 Å². The Morgan fingerprint density at radius 2 is 2.29 bits per heavy atom. The first-order chi connectivity index (χ1) is 6.66. The number of benzene rings is 1. The highest BCUT2D eigenvalue weighted by molar-refractivity contribution is 9.10. The molecule has 1 aliphatic rings. The molecule has 2 amide bonds. The summed E-state index contributed by atoms with van der Waals surface area (Å²) in [5, 5.41) is 5.30. The van der Waals surface area contributed by atoms with Crippen molar-refractivity contribution in [2.24, 2.45) is 0 Å². The molecule has 1 fully saturated rings. The van der Waals surface area contributed by atoms with Crippen LogP contribution in [0, 0.1) is 5.82 Å². The number of carbonyl (C=O) groups is 1. The number of urea groups is 1. The van der Waals surface area contributed by atoms with Crippen LogP contribution in [0.25, 0.3) is 0 Å². The van der Waals surface area contributed by atoms with E-state index in [0.717, 1.165) is 5.56 Å². The lowest BCUT2D eigenvalue weighted by Crippen LogP contribution is -2.21. The average molecular weight is 259 g/mol. The summed E-state index contributed by atoms with van der Waals surface area (Å²) in [4.78, 5) is 10.9. The average Bonchev–Trinajstić information content (AvgIpc) is 2.57. The smallest absolute Gasteiger partial charge is 0.315 e. The third kappa shape index (κ3) is 1.72. The predicted molar refractivity (Wildman–Crippen MR) is 53.4 cm³/mol. The molecular weight excluding hydrogens is 251 g/mol. The number of hydrogen-bond acceptors (Lipinski definition) is 1. The zero-order valence-corrected chi connectivity index (χ0v) is 8.77. The van der Waals surface area contributed by atoms with E-state index in [4.69, 9.17) is 0 Å². The van der Waals surface area contributed by atoms with E-state index in [1.807, 2.05) is 0 Å². The molecule has 1 aromatic carbocycles. The second-order valence-corrected chi connectivity index (χ2v) is 3.93. The first-order valence-electron chi connectivity index (χ1n) is 4.16.